The molecule has 0 saturated carbocycles. The van der Waals surface area contributed by atoms with Gasteiger partial charge in [-0.3, -0.25) is 14.9 Å². The summed E-state index contributed by atoms with van der Waals surface area (Å²) < 4.78 is 0. The number of imide groups is 1. The minimum atomic E-state index is -0.215. The summed E-state index contributed by atoms with van der Waals surface area (Å²) in [6.45, 7) is 2.94. The number of amides is 2. The van der Waals surface area contributed by atoms with E-state index < -0.39 is 0 Å². The van der Waals surface area contributed by atoms with Gasteiger partial charge in [-0.15, -0.1) is 0 Å². The number of rotatable bonds is 1. The molecule has 5 heteroatoms. The number of benzene rings is 1. The SMILES string of the molecule is O=C1CCC(N2CC3(CCNCC3)c3ccccc32)C(=O)N1. The summed E-state index contributed by atoms with van der Waals surface area (Å²) in [5, 5.41) is 5.93. The molecule has 3 heterocycles. The zero-order valence-electron chi connectivity index (χ0n) is 12.6. The number of carbonyl (C=O) groups excluding carboxylic acids is 2. The number of carbonyl (C=O) groups is 2. The molecule has 3 aliphatic heterocycles. The third-order valence-electron chi connectivity index (χ3n) is 5.40. The van der Waals surface area contributed by atoms with E-state index in [0.717, 1.165) is 32.5 Å². The lowest BCUT2D eigenvalue weighted by atomic mass is 9.75. The van der Waals surface area contributed by atoms with Gasteiger partial charge in [0.25, 0.3) is 0 Å². The summed E-state index contributed by atoms with van der Waals surface area (Å²) in [6.07, 6.45) is 3.26. The highest BCUT2D eigenvalue weighted by Crippen LogP contribution is 2.47. The Balaban J connectivity index is 1.70. The Morgan fingerprint density at radius 2 is 1.91 bits per heavy atom. The van der Waals surface area contributed by atoms with Crippen LogP contribution in [0, 0.1) is 0 Å². The number of anilines is 1. The minimum Gasteiger partial charge on any atom is -0.358 e. The molecule has 3 aliphatic rings. The van der Waals surface area contributed by atoms with Crippen molar-refractivity contribution in [3.8, 4) is 0 Å². The predicted octanol–water partition coefficient (Wildman–Crippen LogP) is 0.933. The Hall–Kier alpha value is -1.88. The van der Waals surface area contributed by atoms with Crippen LogP contribution in [0.5, 0.6) is 0 Å². The second-order valence-electron chi connectivity index (χ2n) is 6.64. The van der Waals surface area contributed by atoms with Gasteiger partial charge in [0.05, 0.1) is 0 Å². The molecular weight excluding hydrogens is 278 g/mol. The standard InChI is InChI=1S/C17H21N3O2/c21-15-6-5-14(16(22)19-15)20-11-17(7-9-18-10-8-17)12-3-1-2-4-13(12)20/h1-4,14,18H,5-11H2,(H,19,21,22). The maximum Gasteiger partial charge on any atom is 0.249 e. The second kappa shape index (κ2) is 5.09. The maximum atomic E-state index is 12.3. The lowest BCUT2D eigenvalue weighted by Gasteiger charge is -2.37. The average Bonchev–Trinajstić information content (AvgIpc) is 2.83. The first kappa shape index (κ1) is 13.8. The number of hydrogen-bond acceptors (Lipinski definition) is 4. The van der Waals surface area contributed by atoms with Crippen LogP contribution >= 0.6 is 0 Å². The van der Waals surface area contributed by atoms with Gasteiger partial charge >= 0.3 is 0 Å². The molecule has 5 nitrogen and oxygen atoms in total. The van der Waals surface area contributed by atoms with E-state index in [4.69, 9.17) is 0 Å². The Morgan fingerprint density at radius 3 is 2.68 bits per heavy atom. The maximum absolute atomic E-state index is 12.3. The van der Waals surface area contributed by atoms with E-state index in [1.807, 2.05) is 6.07 Å². The van der Waals surface area contributed by atoms with E-state index in [2.05, 4.69) is 33.7 Å². The van der Waals surface area contributed by atoms with Gasteiger partial charge in [-0.2, -0.15) is 0 Å². The quantitative estimate of drug-likeness (QED) is 0.758. The number of fused-ring (bicyclic) bond motifs is 2. The third-order valence-corrected chi connectivity index (χ3v) is 5.40. The molecule has 2 amide bonds. The van der Waals surface area contributed by atoms with Crippen LogP contribution in [0.4, 0.5) is 5.69 Å². The first-order chi connectivity index (χ1) is 10.7. The van der Waals surface area contributed by atoms with Gasteiger partial charge < -0.3 is 10.2 Å². The lowest BCUT2D eigenvalue weighted by Crippen LogP contribution is -2.54. The summed E-state index contributed by atoms with van der Waals surface area (Å²) >= 11 is 0. The first-order valence-electron chi connectivity index (χ1n) is 8.10. The van der Waals surface area contributed by atoms with Gasteiger partial charge in [-0.25, -0.2) is 0 Å². The van der Waals surface area contributed by atoms with Crippen LogP contribution in [-0.4, -0.2) is 37.5 Å². The summed E-state index contributed by atoms with van der Waals surface area (Å²) in [5.74, 6) is -0.289. The van der Waals surface area contributed by atoms with E-state index in [0.29, 0.717) is 12.8 Å². The molecule has 2 N–H and O–H groups in total. The van der Waals surface area contributed by atoms with Gasteiger partial charge in [0, 0.05) is 24.1 Å². The third kappa shape index (κ3) is 2.03. The predicted molar refractivity (Wildman–Crippen MR) is 83.7 cm³/mol. The number of para-hydroxylation sites is 1. The highest BCUT2D eigenvalue weighted by Gasteiger charge is 2.46. The van der Waals surface area contributed by atoms with Crippen molar-refractivity contribution in [1.29, 1.82) is 0 Å². The Labute approximate surface area is 130 Å². The van der Waals surface area contributed by atoms with E-state index in [1.165, 1.54) is 11.3 Å². The van der Waals surface area contributed by atoms with Crippen molar-refractivity contribution in [1.82, 2.24) is 10.6 Å². The number of hydrogen-bond donors (Lipinski definition) is 2. The molecule has 4 rings (SSSR count). The van der Waals surface area contributed by atoms with Crippen molar-refractivity contribution >= 4 is 17.5 Å². The fourth-order valence-electron chi connectivity index (χ4n) is 4.26. The molecule has 2 fully saturated rings. The van der Waals surface area contributed by atoms with Gasteiger partial charge in [-0.05, 0) is 44.0 Å². The van der Waals surface area contributed by atoms with Crippen molar-refractivity contribution in [3.63, 3.8) is 0 Å². The summed E-state index contributed by atoms with van der Waals surface area (Å²) in [4.78, 5) is 25.9. The Bertz CT molecular complexity index is 622. The summed E-state index contributed by atoms with van der Waals surface area (Å²) in [5.41, 5.74) is 2.71. The van der Waals surface area contributed by atoms with Crippen LogP contribution in [0.25, 0.3) is 0 Å². The topological polar surface area (TPSA) is 61.4 Å². The molecule has 1 spiro atoms. The summed E-state index contributed by atoms with van der Waals surface area (Å²) in [7, 11) is 0. The normalized spacial score (nSPS) is 26.9. The van der Waals surface area contributed by atoms with E-state index in [1.54, 1.807) is 0 Å². The van der Waals surface area contributed by atoms with Crippen LogP contribution in [-0.2, 0) is 15.0 Å². The molecule has 1 unspecified atom stereocenters. The van der Waals surface area contributed by atoms with Crippen molar-refractivity contribution in [2.45, 2.75) is 37.1 Å². The molecule has 22 heavy (non-hydrogen) atoms. The number of nitrogens with one attached hydrogen (secondary N) is 2. The van der Waals surface area contributed by atoms with Crippen LogP contribution in [0.15, 0.2) is 24.3 Å². The van der Waals surface area contributed by atoms with Crippen molar-refractivity contribution in [2.75, 3.05) is 24.5 Å². The molecule has 1 aromatic carbocycles. The molecular formula is C17H21N3O2. The first-order valence-corrected chi connectivity index (χ1v) is 8.10. The average molecular weight is 299 g/mol. The number of piperidine rings is 2. The van der Waals surface area contributed by atoms with Crippen molar-refractivity contribution < 1.29 is 9.59 Å². The van der Waals surface area contributed by atoms with Crippen LogP contribution in [0.1, 0.15) is 31.2 Å². The molecule has 0 aromatic heterocycles. The van der Waals surface area contributed by atoms with Gasteiger partial charge in [-0.1, -0.05) is 18.2 Å². The second-order valence-corrected chi connectivity index (χ2v) is 6.64. The molecule has 116 valence electrons. The molecule has 0 radical (unpaired) electrons. The zero-order chi connectivity index (χ0) is 15.2. The van der Waals surface area contributed by atoms with Gasteiger partial charge in [0.1, 0.15) is 6.04 Å². The largest absolute Gasteiger partial charge is 0.358 e. The van der Waals surface area contributed by atoms with Gasteiger partial charge in [0.15, 0.2) is 0 Å². The molecule has 0 bridgehead atoms. The highest BCUT2D eigenvalue weighted by molar-refractivity contribution is 6.02. The zero-order valence-corrected chi connectivity index (χ0v) is 12.6. The summed E-state index contributed by atoms with van der Waals surface area (Å²) in [6, 6.07) is 8.25. The fourth-order valence-corrected chi connectivity index (χ4v) is 4.26. The number of nitrogens with zero attached hydrogens (tertiary/aromatic N) is 1. The molecule has 1 aromatic rings. The van der Waals surface area contributed by atoms with E-state index in [-0.39, 0.29) is 23.3 Å². The smallest absolute Gasteiger partial charge is 0.249 e. The molecule has 1 atom stereocenters. The lowest BCUT2D eigenvalue weighted by molar-refractivity contribution is -0.134. The van der Waals surface area contributed by atoms with Crippen molar-refractivity contribution in [3.05, 3.63) is 29.8 Å². The van der Waals surface area contributed by atoms with Crippen molar-refractivity contribution in [2.24, 2.45) is 0 Å². The van der Waals surface area contributed by atoms with Crippen LogP contribution < -0.4 is 15.5 Å². The fraction of sp³-hybridized carbons (Fsp3) is 0.529. The monoisotopic (exact) mass is 299 g/mol. The Kier molecular flexibility index (Phi) is 3.18. The molecule has 2 saturated heterocycles. The minimum absolute atomic E-state index is 0.142. The van der Waals surface area contributed by atoms with Gasteiger partial charge in [0.2, 0.25) is 11.8 Å². The highest BCUT2D eigenvalue weighted by atomic mass is 16.2. The van der Waals surface area contributed by atoms with Crippen LogP contribution in [0.2, 0.25) is 0 Å². The van der Waals surface area contributed by atoms with E-state index >= 15 is 0 Å². The van der Waals surface area contributed by atoms with E-state index in [9.17, 15) is 9.59 Å². The Morgan fingerprint density at radius 1 is 1.14 bits per heavy atom. The molecule has 0 aliphatic carbocycles. The van der Waals surface area contributed by atoms with Crippen LogP contribution in [0.3, 0.4) is 0 Å².